The third-order valence-electron chi connectivity index (χ3n) is 4.88. The standard InChI is InChI=1S/C22H23N3O2S/c1-5-11-24-21(27)18(20(26)23-22(24)28)13-17-12-14(3)25(15(17)4)19-10-8-7-9-16(19)6-2/h5,7-10,12-13H,1,6,11H2,2-4H3,(H,23,26,28)/b18-13+. The van der Waals surface area contributed by atoms with E-state index in [9.17, 15) is 9.59 Å². The highest BCUT2D eigenvalue weighted by molar-refractivity contribution is 7.80. The Labute approximate surface area is 170 Å². The van der Waals surface area contributed by atoms with Gasteiger partial charge in [-0.05, 0) is 61.8 Å². The summed E-state index contributed by atoms with van der Waals surface area (Å²) in [5.41, 5.74) is 5.24. The minimum Gasteiger partial charge on any atom is -0.318 e. The second kappa shape index (κ2) is 7.94. The number of carbonyl (C=O) groups excluding carboxylic acids is 2. The summed E-state index contributed by atoms with van der Waals surface area (Å²) in [7, 11) is 0. The van der Waals surface area contributed by atoms with Gasteiger partial charge in [-0.2, -0.15) is 0 Å². The van der Waals surface area contributed by atoms with Crippen LogP contribution in [-0.2, 0) is 16.0 Å². The Morgan fingerprint density at radius 2 is 1.93 bits per heavy atom. The van der Waals surface area contributed by atoms with Gasteiger partial charge in [-0.15, -0.1) is 6.58 Å². The van der Waals surface area contributed by atoms with Gasteiger partial charge in [0.1, 0.15) is 5.57 Å². The van der Waals surface area contributed by atoms with Crippen LogP contribution in [0.15, 0.2) is 48.6 Å². The zero-order valence-corrected chi connectivity index (χ0v) is 17.1. The van der Waals surface area contributed by atoms with Crippen LogP contribution < -0.4 is 5.32 Å². The Kier molecular flexibility index (Phi) is 5.61. The molecule has 1 fully saturated rings. The predicted molar refractivity (Wildman–Crippen MR) is 115 cm³/mol. The van der Waals surface area contributed by atoms with Crippen LogP contribution in [0.4, 0.5) is 0 Å². The lowest BCUT2D eigenvalue weighted by Crippen LogP contribution is -2.53. The van der Waals surface area contributed by atoms with E-state index in [2.05, 4.69) is 35.5 Å². The number of hydrogen-bond acceptors (Lipinski definition) is 3. The SMILES string of the molecule is C=CCN1C(=O)/C(=C/c2cc(C)n(-c3ccccc3CC)c2C)C(=O)NC1=S. The molecule has 0 radical (unpaired) electrons. The van der Waals surface area contributed by atoms with Gasteiger partial charge in [0.25, 0.3) is 11.8 Å². The molecule has 5 nitrogen and oxygen atoms in total. The maximum absolute atomic E-state index is 12.8. The van der Waals surface area contributed by atoms with Crippen molar-refractivity contribution in [3.05, 3.63) is 71.1 Å². The highest BCUT2D eigenvalue weighted by Crippen LogP contribution is 2.26. The van der Waals surface area contributed by atoms with Gasteiger partial charge < -0.3 is 4.57 Å². The minimum absolute atomic E-state index is 0.0690. The fourth-order valence-corrected chi connectivity index (χ4v) is 3.73. The monoisotopic (exact) mass is 393 g/mol. The number of para-hydroxylation sites is 1. The van der Waals surface area contributed by atoms with Gasteiger partial charge in [-0.1, -0.05) is 31.2 Å². The van der Waals surface area contributed by atoms with E-state index in [1.807, 2.05) is 32.0 Å². The molecule has 28 heavy (non-hydrogen) atoms. The normalized spacial score (nSPS) is 15.9. The van der Waals surface area contributed by atoms with Gasteiger partial charge in [0.15, 0.2) is 5.11 Å². The molecule has 2 amide bonds. The molecule has 3 rings (SSSR count). The predicted octanol–water partition coefficient (Wildman–Crippen LogP) is 3.47. The highest BCUT2D eigenvalue weighted by atomic mass is 32.1. The lowest BCUT2D eigenvalue weighted by atomic mass is 10.1. The number of benzene rings is 1. The van der Waals surface area contributed by atoms with Crippen molar-refractivity contribution < 1.29 is 9.59 Å². The van der Waals surface area contributed by atoms with Gasteiger partial charge >= 0.3 is 0 Å². The van der Waals surface area contributed by atoms with E-state index in [-0.39, 0.29) is 17.2 Å². The average Bonchev–Trinajstić information content (AvgIpc) is 2.95. The van der Waals surface area contributed by atoms with E-state index in [1.165, 1.54) is 10.5 Å². The average molecular weight is 394 g/mol. The summed E-state index contributed by atoms with van der Waals surface area (Å²) >= 11 is 5.10. The zero-order chi connectivity index (χ0) is 20.4. The van der Waals surface area contributed by atoms with E-state index >= 15 is 0 Å². The first-order valence-corrected chi connectivity index (χ1v) is 9.56. The third-order valence-corrected chi connectivity index (χ3v) is 5.20. The highest BCUT2D eigenvalue weighted by Gasteiger charge is 2.32. The van der Waals surface area contributed by atoms with E-state index in [1.54, 1.807) is 12.2 Å². The Balaban J connectivity index is 2.08. The molecule has 1 saturated heterocycles. The summed E-state index contributed by atoms with van der Waals surface area (Å²) in [5.74, 6) is -0.888. The number of amides is 2. The van der Waals surface area contributed by atoms with Gasteiger partial charge in [0.05, 0.1) is 0 Å². The topological polar surface area (TPSA) is 54.3 Å². The first-order valence-electron chi connectivity index (χ1n) is 9.16. The smallest absolute Gasteiger partial charge is 0.265 e. The van der Waals surface area contributed by atoms with Crippen molar-refractivity contribution >= 4 is 35.2 Å². The van der Waals surface area contributed by atoms with Crippen molar-refractivity contribution in [2.24, 2.45) is 0 Å². The van der Waals surface area contributed by atoms with E-state index in [0.29, 0.717) is 0 Å². The van der Waals surface area contributed by atoms with Crippen LogP contribution >= 0.6 is 12.2 Å². The van der Waals surface area contributed by atoms with Gasteiger partial charge in [0, 0.05) is 23.6 Å². The second-order valence-electron chi connectivity index (χ2n) is 6.67. The van der Waals surface area contributed by atoms with E-state index in [0.717, 1.165) is 29.1 Å². The minimum atomic E-state index is -0.478. The molecule has 0 bridgehead atoms. The third kappa shape index (κ3) is 3.43. The molecule has 0 spiro atoms. The van der Waals surface area contributed by atoms with Crippen molar-refractivity contribution in [1.82, 2.24) is 14.8 Å². The van der Waals surface area contributed by atoms with Gasteiger partial charge in [-0.3, -0.25) is 19.8 Å². The number of aromatic nitrogens is 1. The number of nitrogens with zero attached hydrogens (tertiary/aromatic N) is 2. The lowest BCUT2D eigenvalue weighted by Gasteiger charge is -2.27. The molecule has 0 unspecified atom stereocenters. The van der Waals surface area contributed by atoms with Crippen molar-refractivity contribution in [3.8, 4) is 5.69 Å². The summed E-state index contributed by atoms with van der Waals surface area (Å²) in [4.78, 5) is 26.5. The summed E-state index contributed by atoms with van der Waals surface area (Å²) < 4.78 is 2.16. The van der Waals surface area contributed by atoms with Crippen LogP contribution in [0.1, 0.15) is 29.4 Å². The molecular weight excluding hydrogens is 370 g/mol. The van der Waals surface area contributed by atoms with E-state index < -0.39 is 11.8 Å². The van der Waals surface area contributed by atoms with Crippen LogP contribution in [0.5, 0.6) is 0 Å². The molecule has 1 aliphatic rings. The Morgan fingerprint density at radius 1 is 1.21 bits per heavy atom. The molecule has 2 heterocycles. The summed E-state index contributed by atoms with van der Waals surface area (Å²) in [6, 6.07) is 10.2. The maximum Gasteiger partial charge on any atom is 0.265 e. The van der Waals surface area contributed by atoms with Crippen LogP contribution in [0, 0.1) is 13.8 Å². The molecule has 144 valence electrons. The fourth-order valence-electron chi connectivity index (χ4n) is 3.48. The van der Waals surface area contributed by atoms with Crippen molar-refractivity contribution in [3.63, 3.8) is 0 Å². The van der Waals surface area contributed by atoms with Crippen LogP contribution in [0.3, 0.4) is 0 Å². The zero-order valence-electron chi connectivity index (χ0n) is 16.3. The van der Waals surface area contributed by atoms with Crippen molar-refractivity contribution in [2.45, 2.75) is 27.2 Å². The first kappa shape index (κ1) is 19.8. The molecular formula is C22H23N3O2S. The van der Waals surface area contributed by atoms with Crippen LogP contribution in [0.25, 0.3) is 11.8 Å². The summed E-state index contributed by atoms with van der Waals surface area (Å²) in [6.45, 7) is 10.0. The molecule has 0 aliphatic carbocycles. The van der Waals surface area contributed by atoms with Gasteiger partial charge in [0.2, 0.25) is 0 Å². The molecule has 2 aromatic rings. The molecule has 0 atom stereocenters. The molecule has 1 aromatic heterocycles. The molecule has 0 saturated carbocycles. The largest absolute Gasteiger partial charge is 0.318 e. The van der Waals surface area contributed by atoms with Crippen LogP contribution in [0.2, 0.25) is 0 Å². The van der Waals surface area contributed by atoms with Crippen LogP contribution in [-0.4, -0.2) is 32.9 Å². The molecule has 6 heteroatoms. The maximum atomic E-state index is 12.8. The van der Waals surface area contributed by atoms with Gasteiger partial charge in [-0.25, -0.2) is 0 Å². The van der Waals surface area contributed by atoms with E-state index in [4.69, 9.17) is 12.2 Å². The number of aryl methyl sites for hydroxylation is 2. The summed E-state index contributed by atoms with van der Waals surface area (Å²) in [6.07, 6.45) is 4.13. The first-order chi connectivity index (χ1) is 13.4. The van der Waals surface area contributed by atoms with Crippen molar-refractivity contribution in [1.29, 1.82) is 0 Å². The number of thiocarbonyl (C=S) groups is 1. The summed E-state index contributed by atoms with van der Waals surface area (Å²) in [5, 5.41) is 2.69. The Morgan fingerprint density at radius 3 is 2.61 bits per heavy atom. The number of hydrogen-bond donors (Lipinski definition) is 1. The second-order valence-corrected chi connectivity index (χ2v) is 7.05. The fraction of sp³-hybridized carbons (Fsp3) is 0.227. The number of rotatable bonds is 5. The quantitative estimate of drug-likeness (QED) is 0.366. The molecule has 1 aromatic carbocycles. The lowest BCUT2D eigenvalue weighted by molar-refractivity contribution is -0.128. The molecule has 1 N–H and O–H groups in total. The molecule has 1 aliphatic heterocycles. The van der Waals surface area contributed by atoms with Crippen molar-refractivity contribution in [2.75, 3.05) is 6.54 Å². The Hall–Kier alpha value is -2.99. The number of carbonyl (C=O) groups is 2. The number of nitrogens with one attached hydrogen (secondary N) is 1. The Bertz CT molecular complexity index is 1020.